The van der Waals surface area contributed by atoms with E-state index < -0.39 is 0 Å². The Morgan fingerprint density at radius 3 is 2.50 bits per heavy atom. The Bertz CT molecular complexity index is 888. The van der Waals surface area contributed by atoms with Crippen LogP contribution in [0.15, 0.2) is 53.2 Å². The van der Waals surface area contributed by atoms with Crippen LogP contribution in [0.3, 0.4) is 0 Å². The van der Waals surface area contributed by atoms with Crippen molar-refractivity contribution in [3.05, 3.63) is 54.1 Å². The molecule has 1 N–H and O–H groups in total. The van der Waals surface area contributed by atoms with Crippen LogP contribution in [-0.2, 0) is 0 Å². The molecule has 3 aromatic rings. The van der Waals surface area contributed by atoms with Gasteiger partial charge in [0.2, 0.25) is 5.82 Å². The molecule has 0 bridgehead atoms. The van der Waals surface area contributed by atoms with Crippen LogP contribution in [0.2, 0.25) is 0 Å². The molecule has 3 rings (SSSR count). The van der Waals surface area contributed by atoms with E-state index in [9.17, 15) is 4.79 Å². The number of nitrogens with zero attached hydrogens (tertiary/aromatic N) is 2. The van der Waals surface area contributed by atoms with Gasteiger partial charge >= 0.3 is 0 Å². The summed E-state index contributed by atoms with van der Waals surface area (Å²) in [5.41, 5.74) is 1.58. The predicted octanol–water partition coefficient (Wildman–Crippen LogP) is 3.78. The molecule has 134 valence electrons. The van der Waals surface area contributed by atoms with Crippen molar-refractivity contribution in [2.24, 2.45) is 0 Å². The summed E-state index contributed by atoms with van der Waals surface area (Å²) in [7, 11) is 1.51. The summed E-state index contributed by atoms with van der Waals surface area (Å²) in [5.74, 6) is 1.09. The predicted molar refractivity (Wildman–Crippen MR) is 96.4 cm³/mol. The van der Waals surface area contributed by atoms with Crippen molar-refractivity contribution in [3.8, 4) is 22.8 Å². The van der Waals surface area contributed by atoms with E-state index in [0.29, 0.717) is 17.0 Å². The highest BCUT2D eigenvalue weighted by Crippen LogP contribution is 2.27. The van der Waals surface area contributed by atoms with Gasteiger partial charge in [-0.1, -0.05) is 12.1 Å². The third kappa shape index (κ3) is 3.83. The Labute approximate surface area is 150 Å². The summed E-state index contributed by atoms with van der Waals surface area (Å²) in [4.78, 5) is 12.5. The van der Waals surface area contributed by atoms with Gasteiger partial charge in [-0.2, -0.15) is 0 Å². The number of anilines is 1. The van der Waals surface area contributed by atoms with Crippen molar-refractivity contribution in [2.75, 3.05) is 12.4 Å². The molecule has 2 aromatic carbocycles. The third-order valence-electron chi connectivity index (χ3n) is 3.57. The first-order valence-electron chi connectivity index (χ1n) is 8.12. The van der Waals surface area contributed by atoms with Crippen LogP contribution in [0.5, 0.6) is 11.5 Å². The van der Waals surface area contributed by atoms with Gasteiger partial charge < -0.3 is 14.8 Å². The maximum Gasteiger partial charge on any atom is 0.260 e. The molecule has 1 amide bonds. The van der Waals surface area contributed by atoms with Crippen molar-refractivity contribution in [1.82, 2.24) is 10.3 Å². The molecule has 0 aliphatic heterocycles. The lowest BCUT2D eigenvalue weighted by Gasteiger charge is -2.10. The fourth-order valence-electron chi connectivity index (χ4n) is 2.43. The molecule has 0 spiro atoms. The van der Waals surface area contributed by atoms with Crippen LogP contribution in [0.1, 0.15) is 24.2 Å². The average Bonchev–Trinajstić information content (AvgIpc) is 3.10. The fourth-order valence-corrected chi connectivity index (χ4v) is 2.43. The maximum absolute atomic E-state index is 12.5. The van der Waals surface area contributed by atoms with Crippen molar-refractivity contribution in [3.63, 3.8) is 0 Å². The fraction of sp³-hybridized carbons (Fsp3) is 0.211. The van der Waals surface area contributed by atoms with Gasteiger partial charge in [0.25, 0.3) is 5.91 Å². The molecular weight excluding hydrogens is 334 g/mol. The molecule has 1 aromatic heterocycles. The lowest BCUT2D eigenvalue weighted by atomic mass is 10.1. The van der Waals surface area contributed by atoms with Gasteiger partial charge in [0.15, 0.2) is 5.69 Å². The highest BCUT2D eigenvalue weighted by molar-refractivity contribution is 6.07. The minimum atomic E-state index is -0.362. The van der Waals surface area contributed by atoms with Crippen LogP contribution in [-0.4, -0.2) is 29.4 Å². The third-order valence-corrected chi connectivity index (χ3v) is 3.57. The topological polar surface area (TPSA) is 86.5 Å². The van der Waals surface area contributed by atoms with Crippen molar-refractivity contribution in [2.45, 2.75) is 20.0 Å². The zero-order valence-electron chi connectivity index (χ0n) is 14.7. The molecule has 7 nitrogen and oxygen atoms in total. The van der Waals surface area contributed by atoms with Crippen molar-refractivity contribution < 1.29 is 18.9 Å². The number of rotatable bonds is 6. The van der Waals surface area contributed by atoms with E-state index in [1.807, 2.05) is 38.1 Å². The van der Waals surface area contributed by atoms with Crippen molar-refractivity contribution >= 4 is 11.7 Å². The first-order chi connectivity index (χ1) is 12.6. The molecule has 0 aliphatic rings. The van der Waals surface area contributed by atoms with E-state index >= 15 is 0 Å². The normalized spacial score (nSPS) is 10.6. The summed E-state index contributed by atoms with van der Waals surface area (Å²) in [6.07, 6.45) is 0.0882. The van der Waals surface area contributed by atoms with E-state index in [1.54, 1.807) is 24.3 Å². The SMILES string of the molecule is COc1ccccc1C(=O)Nc1nonc1-c1ccc(OC(C)C)cc1. The number of aromatic nitrogens is 2. The second-order valence-corrected chi connectivity index (χ2v) is 5.81. The summed E-state index contributed by atoms with van der Waals surface area (Å²) >= 11 is 0. The van der Waals surface area contributed by atoms with Crippen LogP contribution in [0.4, 0.5) is 5.82 Å². The number of hydrogen-bond acceptors (Lipinski definition) is 6. The number of nitrogens with one attached hydrogen (secondary N) is 1. The number of benzene rings is 2. The van der Waals surface area contributed by atoms with E-state index in [-0.39, 0.29) is 17.8 Å². The first kappa shape index (κ1) is 17.5. The Morgan fingerprint density at radius 2 is 1.81 bits per heavy atom. The van der Waals surface area contributed by atoms with Gasteiger partial charge in [-0.3, -0.25) is 4.79 Å². The number of carbonyl (C=O) groups excluding carboxylic acids is 1. The van der Waals surface area contributed by atoms with Gasteiger partial charge in [0.1, 0.15) is 11.5 Å². The first-order valence-corrected chi connectivity index (χ1v) is 8.12. The molecule has 0 aliphatic carbocycles. The standard InChI is InChI=1S/C19H19N3O4/c1-12(2)25-14-10-8-13(9-11-14)17-18(22-26-21-17)20-19(23)15-6-4-5-7-16(15)24-3/h4-12H,1-3H3,(H,20,22,23). The van der Waals surface area contributed by atoms with Gasteiger partial charge in [0.05, 0.1) is 18.8 Å². The van der Waals surface area contributed by atoms with Crippen LogP contribution >= 0.6 is 0 Å². The molecule has 0 atom stereocenters. The molecule has 0 saturated carbocycles. The van der Waals surface area contributed by atoms with Crippen LogP contribution in [0.25, 0.3) is 11.3 Å². The van der Waals surface area contributed by atoms with E-state index in [0.717, 1.165) is 11.3 Å². The number of methoxy groups -OCH3 is 1. The molecule has 1 heterocycles. The molecule has 26 heavy (non-hydrogen) atoms. The second kappa shape index (κ2) is 7.69. The number of ether oxygens (including phenoxy) is 2. The summed E-state index contributed by atoms with van der Waals surface area (Å²) < 4.78 is 15.6. The molecule has 0 saturated heterocycles. The van der Waals surface area contributed by atoms with E-state index in [1.165, 1.54) is 7.11 Å². The second-order valence-electron chi connectivity index (χ2n) is 5.81. The Kier molecular flexibility index (Phi) is 5.17. The number of hydrogen-bond donors (Lipinski definition) is 1. The zero-order valence-corrected chi connectivity index (χ0v) is 14.7. The van der Waals surface area contributed by atoms with E-state index in [4.69, 9.17) is 14.1 Å². The highest BCUT2D eigenvalue weighted by atomic mass is 16.6. The molecule has 7 heteroatoms. The largest absolute Gasteiger partial charge is 0.496 e. The maximum atomic E-state index is 12.5. The van der Waals surface area contributed by atoms with Crippen LogP contribution < -0.4 is 14.8 Å². The molecular formula is C19H19N3O4. The summed E-state index contributed by atoms with van der Waals surface area (Å²) in [5, 5.41) is 10.4. The number of carbonyl (C=O) groups is 1. The molecule has 0 unspecified atom stereocenters. The average molecular weight is 353 g/mol. The van der Waals surface area contributed by atoms with Gasteiger partial charge in [-0.15, -0.1) is 0 Å². The van der Waals surface area contributed by atoms with E-state index in [2.05, 4.69) is 15.6 Å². The summed E-state index contributed by atoms with van der Waals surface area (Å²) in [6, 6.07) is 14.2. The quantitative estimate of drug-likeness (QED) is 0.726. The van der Waals surface area contributed by atoms with Crippen LogP contribution in [0, 0.1) is 0 Å². The van der Waals surface area contributed by atoms with Gasteiger partial charge in [-0.05, 0) is 60.6 Å². The number of para-hydroxylation sites is 1. The highest BCUT2D eigenvalue weighted by Gasteiger charge is 2.18. The summed E-state index contributed by atoms with van der Waals surface area (Å²) in [6.45, 7) is 3.92. The lowest BCUT2D eigenvalue weighted by Crippen LogP contribution is -2.14. The smallest absolute Gasteiger partial charge is 0.260 e. The number of amides is 1. The van der Waals surface area contributed by atoms with Gasteiger partial charge in [-0.25, -0.2) is 4.63 Å². The minimum Gasteiger partial charge on any atom is -0.496 e. The molecule has 0 fully saturated rings. The minimum absolute atomic E-state index is 0.0882. The Balaban J connectivity index is 1.81. The lowest BCUT2D eigenvalue weighted by molar-refractivity contribution is 0.102. The van der Waals surface area contributed by atoms with Gasteiger partial charge in [0, 0.05) is 5.56 Å². The Morgan fingerprint density at radius 1 is 1.08 bits per heavy atom. The monoisotopic (exact) mass is 353 g/mol. The molecule has 0 radical (unpaired) electrons. The van der Waals surface area contributed by atoms with Crippen molar-refractivity contribution in [1.29, 1.82) is 0 Å². The Hall–Kier alpha value is -3.35. The zero-order chi connectivity index (χ0) is 18.5.